The minimum Gasteiger partial charge on any atom is -0.495 e. The van der Waals surface area contributed by atoms with Crippen LogP contribution in [0.2, 0.25) is 0 Å². The molecule has 118 valence electrons. The molecular formula is C15H20N4O2S. The highest BCUT2D eigenvalue weighted by Gasteiger charge is 2.09. The lowest BCUT2D eigenvalue weighted by Gasteiger charge is -2.11. The number of carbonyl (C=O) groups is 1. The van der Waals surface area contributed by atoms with Gasteiger partial charge >= 0.3 is 0 Å². The number of aliphatic imine (C=N–C) groups is 1. The predicted octanol–water partition coefficient (Wildman–Crippen LogP) is 3.25. The summed E-state index contributed by atoms with van der Waals surface area (Å²) in [5, 5.41) is 14.5. The average Bonchev–Trinajstić information content (AvgIpc) is 2.52. The smallest absolute Gasteiger partial charge is 0.224 e. The maximum absolute atomic E-state index is 11.9. The first-order valence-electron chi connectivity index (χ1n) is 6.90. The van der Waals surface area contributed by atoms with E-state index in [1.54, 1.807) is 25.3 Å². The molecular weight excluding hydrogens is 300 g/mol. The third-order valence-corrected chi connectivity index (χ3v) is 3.38. The molecule has 0 unspecified atom stereocenters. The summed E-state index contributed by atoms with van der Waals surface area (Å²) in [6.45, 7) is 2.04. The number of thioether (sulfide) groups is 1. The van der Waals surface area contributed by atoms with E-state index in [0.717, 1.165) is 12.8 Å². The number of amidine groups is 1. The van der Waals surface area contributed by atoms with Gasteiger partial charge in [0.25, 0.3) is 0 Å². The fraction of sp³-hybridized carbons (Fsp3) is 0.400. The van der Waals surface area contributed by atoms with E-state index in [0.29, 0.717) is 28.7 Å². The number of nitrogens with one attached hydrogen (secondary N) is 2. The first-order valence-corrected chi connectivity index (χ1v) is 8.12. The third-order valence-electron chi connectivity index (χ3n) is 2.80. The van der Waals surface area contributed by atoms with E-state index in [1.807, 2.05) is 19.4 Å². The number of amides is 1. The van der Waals surface area contributed by atoms with E-state index < -0.39 is 0 Å². The number of carbonyl (C=O) groups excluding carboxylic acids is 1. The number of ether oxygens (including phenoxy) is 1. The van der Waals surface area contributed by atoms with Crippen molar-refractivity contribution in [3.63, 3.8) is 0 Å². The molecule has 0 radical (unpaired) electrons. The molecule has 0 heterocycles. The van der Waals surface area contributed by atoms with Crippen LogP contribution in [0.15, 0.2) is 23.2 Å². The normalized spacial score (nSPS) is 10.7. The zero-order valence-electron chi connectivity index (χ0n) is 13.0. The summed E-state index contributed by atoms with van der Waals surface area (Å²) in [7, 11) is 1.55. The monoisotopic (exact) mass is 320 g/mol. The number of hydrogen-bond acceptors (Lipinski definition) is 5. The van der Waals surface area contributed by atoms with Gasteiger partial charge in [-0.05, 0) is 30.9 Å². The third kappa shape index (κ3) is 5.66. The lowest BCUT2D eigenvalue weighted by Crippen LogP contribution is -2.13. The van der Waals surface area contributed by atoms with Crippen molar-refractivity contribution in [3.05, 3.63) is 18.2 Å². The molecule has 0 spiro atoms. The number of unbranched alkanes of at least 4 members (excludes halogenated alkanes) is 1. The van der Waals surface area contributed by atoms with Gasteiger partial charge in [0.15, 0.2) is 11.4 Å². The maximum Gasteiger partial charge on any atom is 0.224 e. The van der Waals surface area contributed by atoms with Gasteiger partial charge in [-0.15, -0.1) is 0 Å². The fourth-order valence-electron chi connectivity index (χ4n) is 1.70. The van der Waals surface area contributed by atoms with Gasteiger partial charge in [-0.25, -0.2) is 4.99 Å². The first-order chi connectivity index (χ1) is 10.6. The topological polar surface area (TPSA) is 86.5 Å². The van der Waals surface area contributed by atoms with Crippen molar-refractivity contribution in [2.24, 2.45) is 4.99 Å². The van der Waals surface area contributed by atoms with Crippen molar-refractivity contribution in [1.29, 1.82) is 5.26 Å². The van der Waals surface area contributed by atoms with Crippen LogP contribution in [-0.4, -0.2) is 24.4 Å². The van der Waals surface area contributed by atoms with Gasteiger partial charge in [0, 0.05) is 6.42 Å². The molecule has 22 heavy (non-hydrogen) atoms. The van der Waals surface area contributed by atoms with Gasteiger partial charge < -0.3 is 10.1 Å². The van der Waals surface area contributed by atoms with Crippen LogP contribution in [-0.2, 0) is 4.79 Å². The maximum atomic E-state index is 11.9. The van der Waals surface area contributed by atoms with E-state index in [4.69, 9.17) is 10.00 Å². The molecule has 0 saturated heterocycles. The highest BCUT2D eigenvalue weighted by molar-refractivity contribution is 8.13. The van der Waals surface area contributed by atoms with Crippen molar-refractivity contribution < 1.29 is 9.53 Å². The number of nitrogens with zero attached hydrogens (tertiary/aromatic N) is 2. The summed E-state index contributed by atoms with van der Waals surface area (Å²) in [4.78, 5) is 16.2. The van der Waals surface area contributed by atoms with Crippen LogP contribution in [0.5, 0.6) is 5.75 Å². The molecule has 1 aromatic carbocycles. The number of methoxy groups -OCH3 is 1. The van der Waals surface area contributed by atoms with Crippen LogP contribution >= 0.6 is 11.8 Å². The minimum absolute atomic E-state index is 0.0541. The summed E-state index contributed by atoms with van der Waals surface area (Å²) in [6, 6.07) is 5.21. The Morgan fingerprint density at radius 3 is 2.86 bits per heavy atom. The van der Waals surface area contributed by atoms with Gasteiger partial charge in [-0.3, -0.25) is 10.1 Å². The zero-order valence-corrected chi connectivity index (χ0v) is 13.8. The van der Waals surface area contributed by atoms with Crippen molar-refractivity contribution >= 4 is 34.2 Å². The molecule has 0 aliphatic rings. The Balaban J connectivity index is 2.98. The molecule has 0 bridgehead atoms. The standard InChI is InChI=1S/C15H20N4O2S/c1-4-5-6-14(20)19-12-9-11(7-8-13(12)21-2)18-15(22-3)17-10-16/h7-9H,4-6H2,1-3H3,(H,17,18)(H,19,20). The molecule has 2 N–H and O–H groups in total. The van der Waals surface area contributed by atoms with Crippen molar-refractivity contribution in [1.82, 2.24) is 5.32 Å². The molecule has 1 aromatic rings. The van der Waals surface area contributed by atoms with E-state index in [-0.39, 0.29) is 5.91 Å². The first kappa shape index (κ1) is 17.9. The Bertz CT molecular complexity index is 581. The Kier molecular flexibility index (Phi) is 7.86. The van der Waals surface area contributed by atoms with E-state index >= 15 is 0 Å². The van der Waals surface area contributed by atoms with Crippen LogP contribution in [0.25, 0.3) is 0 Å². The zero-order chi connectivity index (χ0) is 16.4. The van der Waals surface area contributed by atoms with Crippen LogP contribution < -0.4 is 15.4 Å². The lowest BCUT2D eigenvalue weighted by atomic mass is 10.2. The van der Waals surface area contributed by atoms with E-state index in [2.05, 4.69) is 15.6 Å². The van der Waals surface area contributed by atoms with E-state index in [9.17, 15) is 4.79 Å². The fourth-order valence-corrected chi connectivity index (χ4v) is 2.05. The number of nitriles is 1. The second kappa shape index (κ2) is 9.68. The molecule has 6 nitrogen and oxygen atoms in total. The van der Waals surface area contributed by atoms with Crippen LogP contribution in [0.4, 0.5) is 11.4 Å². The largest absolute Gasteiger partial charge is 0.495 e. The Hall–Kier alpha value is -2.20. The minimum atomic E-state index is -0.0541. The van der Waals surface area contributed by atoms with Crippen molar-refractivity contribution in [2.45, 2.75) is 26.2 Å². The molecule has 0 aromatic heterocycles. The molecule has 0 fully saturated rings. The van der Waals surface area contributed by atoms with Gasteiger partial charge in [0.2, 0.25) is 5.91 Å². The average molecular weight is 320 g/mol. The lowest BCUT2D eigenvalue weighted by molar-refractivity contribution is -0.116. The van der Waals surface area contributed by atoms with Crippen LogP contribution in [0.1, 0.15) is 26.2 Å². The van der Waals surface area contributed by atoms with Crippen LogP contribution in [0, 0.1) is 11.5 Å². The Morgan fingerprint density at radius 1 is 1.50 bits per heavy atom. The molecule has 7 heteroatoms. The van der Waals surface area contributed by atoms with Gasteiger partial charge in [-0.1, -0.05) is 25.1 Å². The Labute approximate surface area is 135 Å². The van der Waals surface area contributed by atoms with Crippen molar-refractivity contribution in [2.75, 3.05) is 18.7 Å². The number of hydrogen-bond donors (Lipinski definition) is 2. The van der Waals surface area contributed by atoms with Gasteiger partial charge in [0.05, 0.1) is 18.5 Å². The summed E-state index contributed by atoms with van der Waals surface area (Å²) in [5.41, 5.74) is 1.20. The predicted molar refractivity (Wildman–Crippen MR) is 90.5 cm³/mol. The molecule has 0 aliphatic carbocycles. The highest BCUT2D eigenvalue weighted by atomic mass is 32.2. The number of rotatable bonds is 6. The molecule has 1 rings (SSSR count). The van der Waals surface area contributed by atoms with Crippen molar-refractivity contribution in [3.8, 4) is 11.9 Å². The summed E-state index contributed by atoms with van der Waals surface area (Å²) < 4.78 is 5.25. The second-order valence-corrected chi connectivity index (χ2v) is 5.19. The molecule has 1 amide bonds. The van der Waals surface area contributed by atoms with Gasteiger partial charge in [-0.2, -0.15) is 5.26 Å². The SMILES string of the molecule is CCCCC(=O)Nc1cc(N=C(NC#N)SC)ccc1OC. The van der Waals surface area contributed by atoms with Gasteiger partial charge in [0.1, 0.15) is 5.75 Å². The summed E-state index contributed by atoms with van der Waals surface area (Å²) in [6.07, 6.45) is 5.93. The number of anilines is 1. The molecule has 0 atom stereocenters. The van der Waals surface area contributed by atoms with Crippen LogP contribution in [0.3, 0.4) is 0 Å². The highest BCUT2D eigenvalue weighted by Crippen LogP contribution is 2.29. The quantitative estimate of drug-likeness (QED) is 0.364. The summed E-state index contributed by atoms with van der Waals surface area (Å²) in [5.74, 6) is 0.518. The molecule has 0 aliphatic heterocycles. The van der Waals surface area contributed by atoms with E-state index in [1.165, 1.54) is 11.8 Å². The summed E-state index contributed by atoms with van der Waals surface area (Å²) >= 11 is 1.33. The Morgan fingerprint density at radius 2 is 2.27 bits per heavy atom. The molecule has 0 saturated carbocycles. The second-order valence-electron chi connectivity index (χ2n) is 4.39. The number of benzene rings is 1.